The summed E-state index contributed by atoms with van der Waals surface area (Å²) in [6.45, 7) is 1.13. The molecule has 28 heavy (non-hydrogen) atoms. The lowest BCUT2D eigenvalue weighted by Crippen LogP contribution is -2.77. The van der Waals surface area contributed by atoms with E-state index in [2.05, 4.69) is 17.1 Å². The molecular formula is C22H23N3O3. The number of carboxylic acid groups (broad SMARTS) is 1. The Morgan fingerprint density at radius 2 is 1.61 bits per heavy atom. The summed E-state index contributed by atoms with van der Waals surface area (Å²) < 4.78 is 0. The van der Waals surface area contributed by atoms with Gasteiger partial charge in [-0.3, -0.25) is 9.79 Å². The third-order valence-corrected chi connectivity index (χ3v) is 5.44. The van der Waals surface area contributed by atoms with Crippen molar-refractivity contribution in [2.75, 3.05) is 13.1 Å². The number of aryl methyl sites for hydroxylation is 1. The molecule has 2 atom stereocenters. The van der Waals surface area contributed by atoms with Crippen LogP contribution in [-0.2, 0) is 17.6 Å². The molecule has 144 valence electrons. The molecule has 3 aliphatic heterocycles. The van der Waals surface area contributed by atoms with Gasteiger partial charge in [0.2, 0.25) is 0 Å². The number of rotatable bonds is 6. The quantitative estimate of drug-likeness (QED) is 0.840. The summed E-state index contributed by atoms with van der Waals surface area (Å²) in [5, 5.41) is 9.56. The Morgan fingerprint density at radius 3 is 2.21 bits per heavy atom. The molecule has 0 radical (unpaired) electrons. The molecule has 3 saturated heterocycles. The molecule has 5 rings (SSSR count). The summed E-state index contributed by atoms with van der Waals surface area (Å²) >= 11 is 0. The minimum absolute atomic E-state index is 0.332. The summed E-state index contributed by atoms with van der Waals surface area (Å²) in [6.07, 6.45) is 0.913. The lowest BCUT2D eigenvalue weighted by Gasteiger charge is -2.54. The Balaban J connectivity index is 1.48. The van der Waals surface area contributed by atoms with E-state index in [-0.39, 0.29) is 5.91 Å². The molecule has 2 aromatic rings. The molecule has 0 aromatic heterocycles. The first-order valence-electron chi connectivity index (χ1n) is 9.60. The van der Waals surface area contributed by atoms with Crippen LogP contribution in [0.3, 0.4) is 0 Å². The van der Waals surface area contributed by atoms with Crippen molar-refractivity contribution < 1.29 is 14.7 Å². The zero-order valence-electron chi connectivity index (χ0n) is 15.6. The highest BCUT2D eigenvalue weighted by Gasteiger charge is 2.54. The van der Waals surface area contributed by atoms with E-state index in [4.69, 9.17) is 0 Å². The van der Waals surface area contributed by atoms with Gasteiger partial charge in [-0.05, 0) is 30.4 Å². The van der Waals surface area contributed by atoms with Crippen LogP contribution < -0.4 is 0 Å². The lowest BCUT2D eigenvalue weighted by atomic mass is 9.91. The molecule has 3 fully saturated rings. The minimum atomic E-state index is -1.19. The fourth-order valence-corrected chi connectivity index (χ4v) is 3.97. The van der Waals surface area contributed by atoms with Crippen molar-refractivity contribution in [2.24, 2.45) is 4.99 Å². The normalized spacial score (nSPS) is 22.3. The van der Waals surface area contributed by atoms with E-state index in [1.807, 2.05) is 53.4 Å². The Bertz CT molecular complexity index is 882. The van der Waals surface area contributed by atoms with Gasteiger partial charge in [0.25, 0.3) is 5.91 Å². The number of carbonyl (C=O) groups is 2. The van der Waals surface area contributed by atoms with Crippen molar-refractivity contribution in [2.45, 2.75) is 31.3 Å². The molecule has 2 unspecified atom stereocenters. The van der Waals surface area contributed by atoms with Gasteiger partial charge in [-0.15, -0.1) is 0 Å². The molecular weight excluding hydrogens is 354 g/mol. The van der Waals surface area contributed by atoms with Crippen LogP contribution in [0, 0.1) is 0 Å². The summed E-state index contributed by atoms with van der Waals surface area (Å²) in [6, 6.07) is 19.1. The van der Waals surface area contributed by atoms with Crippen LogP contribution in [0.4, 0.5) is 4.79 Å². The van der Waals surface area contributed by atoms with Crippen molar-refractivity contribution >= 4 is 17.8 Å². The summed E-state index contributed by atoms with van der Waals surface area (Å²) in [5.41, 5.74) is 2.33. The van der Waals surface area contributed by atoms with Crippen LogP contribution in [0.15, 0.2) is 65.7 Å². The molecule has 0 spiro atoms. The van der Waals surface area contributed by atoms with E-state index >= 15 is 0 Å². The highest BCUT2D eigenvalue weighted by Crippen LogP contribution is 2.31. The molecule has 2 aromatic carbocycles. The third kappa shape index (κ3) is 3.50. The van der Waals surface area contributed by atoms with Crippen molar-refractivity contribution in [1.29, 1.82) is 0 Å². The summed E-state index contributed by atoms with van der Waals surface area (Å²) in [4.78, 5) is 32.0. The number of hydrogen-bond donors (Lipinski definition) is 1. The fraction of sp³-hybridized carbons (Fsp3) is 0.318. The van der Waals surface area contributed by atoms with Crippen LogP contribution >= 0.6 is 0 Å². The van der Waals surface area contributed by atoms with Crippen LogP contribution in [0.5, 0.6) is 0 Å². The monoisotopic (exact) mass is 377 g/mol. The number of hydrogen-bond acceptors (Lipinski definition) is 3. The van der Waals surface area contributed by atoms with Gasteiger partial charge in [-0.1, -0.05) is 60.7 Å². The van der Waals surface area contributed by atoms with E-state index in [9.17, 15) is 14.7 Å². The zero-order valence-corrected chi connectivity index (χ0v) is 15.6. The minimum Gasteiger partial charge on any atom is -0.465 e. The van der Waals surface area contributed by atoms with Gasteiger partial charge in [0.15, 0.2) is 0 Å². The smallest absolute Gasteiger partial charge is 0.414 e. The van der Waals surface area contributed by atoms with Gasteiger partial charge in [-0.2, -0.15) is 0 Å². The summed E-state index contributed by atoms with van der Waals surface area (Å²) in [7, 11) is 0. The largest absolute Gasteiger partial charge is 0.465 e. The van der Waals surface area contributed by atoms with E-state index in [1.165, 1.54) is 5.56 Å². The zero-order chi connectivity index (χ0) is 19.5. The van der Waals surface area contributed by atoms with Crippen molar-refractivity contribution in [3.8, 4) is 0 Å². The molecule has 0 aliphatic carbocycles. The van der Waals surface area contributed by atoms with Gasteiger partial charge in [0.1, 0.15) is 17.9 Å². The maximum Gasteiger partial charge on any atom is 0.414 e. The number of aliphatic imine (C=N–C) groups is 1. The van der Waals surface area contributed by atoms with Gasteiger partial charge in [0.05, 0.1) is 0 Å². The number of amidine groups is 1. The maximum absolute atomic E-state index is 12.7. The molecule has 6 nitrogen and oxygen atoms in total. The van der Waals surface area contributed by atoms with Gasteiger partial charge >= 0.3 is 6.09 Å². The van der Waals surface area contributed by atoms with Crippen LogP contribution in [0.2, 0.25) is 0 Å². The first kappa shape index (κ1) is 18.2. The predicted octanol–water partition coefficient (Wildman–Crippen LogP) is 2.83. The Hall–Kier alpha value is -3.15. The van der Waals surface area contributed by atoms with Crippen LogP contribution in [-0.4, -0.2) is 57.9 Å². The average molecular weight is 377 g/mol. The Morgan fingerprint density at radius 1 is 1.00 bits per heavy atom. The predicted molar refractivity (Wildman–Crippen MR) is 106 cm³/mol. The third-order valence-electron chi connectivity index (χ3n) is 5.44. The maximum atomic E-state index is 12.7. The van der Waals surface area contributed by atoms with E-state index in [1.54, 1.807) is 0 Å². The topological polar surface area (TPSA) is 73.2 Å². The van der Waals surface area contributed by atoms with Crippen molar-refractivity contribution in [3.05, 3.63) is 71.8 Å². The highest BCUT2D eigenvalue weighted by atomic mass is 16.4. The van der Waals surface area contributed by atoms with Crippen molar-refractivity contribution in [1.82, 2.24) is 9.80 Å². The van der Waals surface area contributed by atoms with E-state index in [0.29, 0.717) is 19.5 Å². The first-order chi connectivity index (χ1) is 13.6. The number of imide groups is 1. The van der Waals surface area contributed by atoms with Gasteiger partial charge in [0, 0.05) is 13.1 Å². The fourth-order valence-electron chi connectivity index (χ4n) is 3.97. The molecule has 1 N–H and O–H groups in total. The Kier molecular flexibility index (Phi) is 5.10. The highest BCUT2D eigenvalue weighted by molar-refractivity contribution is 6.09. The standard InChI is InChI=1S/C22H23N3O3/c26-21-18(12-11-16-7-3-1-4-8-16)24-15-19(25(21)22(27)28)20(24)23-14-13-17-9-5-2-6-10-17/h1-10,18-19H,11-15H2,(H,27,28). The second-order valence-electron chi connectivity index (χ2n) is 7.17. The van der Waals surface area contributed by atoms with Gasteiger partial charge < -0.3 is 10.0 Å². The number of piperazine rings is 2. The first-order valence-corrected chi connectivity index (χ1v) is 9.60. The number of carbonyl (C=O) groups excluding carboxylic acids is 1. The molecule has 2 bridgehead atoms. The molecule has 3 aliphatic rings. The second-order valence-corrected chi connectivity index (χ2v) is 7.17. The molecule has 6 heteroatoms. The summed E-state index contributed by atoms with van der Waals surface area (Å²) in [5.74, 6) is 0.401. The molecule has 2 amide bonds. The van der Waals surface area contributed by atoms with Crippen LogP contribution in [0.25, 0.3) is 0 Å². The van der Waals surface area contributed by atoms with E-state index < -0.39 is 18.2 Å². The number of nitrogens with zero attached hydrogens (tertiary/aromatic N) is 3. The number of benzene rings is 2. The lowest BCUT2D eigenvalue weighted by molar-refractivity contribution is -0.142. The second kappa shape index (κ2) is 7.84. The number of fused-ring (bicyclic) bond motifs is 2. The van der Waals surface area contributed by atoms with Gasteiger partial charge in [-0.25, -0.2) is 9.69 Å². The molecule has 3 heterocycles. The SMILES string of the molecule is O=C(O)N1C(=O)C(CCc2ccccc2)N2CC1C2=NCCc1ccccc1. The molecule has 0 saturated carbocycles. The Labute approximate surface area is 164 Å². The van der Waals surface area contributed by atoms with E-state index in [0.717, 1.165) is 29.1 Å². The number of amides is 2. The van der Waals surface area contributed by atoms with Crippen molar-refractivity contribution in [3.63, 3.8) is 0 Å². The average Bonchev–Trinajstić information content (AvgIpc) is 2.71. The van der Waals surface area contributed by atoms with Crippen LogP contribution in [0.1, 0.15) is 17.5 Å².